The fourth-order valence-electron chi connectivity index (χ4n) is 0.740. The minimum absolute atomic E-state index is 0.194. The van der Waals surface area contributed by atoms with Crippen molar-refractivity contribution < 1.29 is 22.7 Å². The number of nitrogens with zero attached hydrogens (tertiary/aromatic N) is 2. The number of aromatic nitrogens is 2. The van der Waals surface area contributed by atoms with E-state index in [0.717, 1.165) is 7.11 Å². The molecule has 0 aliphatic heterocycles. The van der Waals surface area contributed by atoms with Gasteiger partial charge in [0, 0.05) is 0 Å². The molecule has 0 radical (unpaired) electrons. The minimum Gasteiger partial charge on any atom is -0.467 e. The summed E-state index contributed by atoms with van der Waals surface area (Å²) in [6.07, 6.45) is -4.42. The lowest BCUT2D eigenvalue weighted by molar-refractivity contribution is -0.141. The number of rotatable bonds is 2. The van der Waals surface area contributed by atoms with Crippen LogP contribution in [0.4, 0.5) is 13.2 Å². The topological polar surface area (TPSA) is 52.1 Å². The maximum absolute atomic E-state index is 12.2. The van der Waals surface area contributed by atoms with Crippen LogP contribution < -0.4 is 4.74 Å². The van der Waals surface area contributed by atoms with Gasteiger partial charge in [0.15, 0.2) is 12.0 Å². The van der Waals surface area contributed by atoms with E-state index in [1.54, 1.807) is 0 Å². The molecule has 0 saturated heterocycles. The Kier molecular flexibility index (Phi) is 2.68. The molecular formula is C7H5F3N2O2. The minimum atomic E-state index is -4.62. The van der Waals surface area contributed by atoms with Gasteiger partial charge in [0.1, 0.15) is 5.69 Å². The van der Waals surface area contributed by atoms with Gasteiger partial charge in [-0.25, -0.2) is 0 Å². The molecule has 0 N–H and O–H groups in total. The molecule has 7 heteroatoms. The Morgan fingerprint density at radius 2 is 2.07 bits per heavy atom. The highest BCUT2D eigenvalue weighted by atomic mass is 19.4. The number of alkyl halides is 3. The van der Waals surface area contributed by atoms with E-state index in [9.17, 15) is 18.0 Å². The van der Waals surface area contributed by atoms with Gasteiger partial charge in [0.25, 0.3) is 0 Å². The van der Waals surface area contributed by atoms with Gasteiger partial charge in [-0.3, -0.25) is 4.79 Å². The van der Waals surface area contributed by atoms with Crippen molar-refractivity contribution in [1.29, 1.82) is 0 Å². The molecule has 76 valence electrons. The summed E-state index contributed by atoms with van der Waals surface area (Å²) in [5.74, 6) is 0. The second kappa shape index (κ2) is 3.60. The van der Waals surface area contributed by atoms with E-state index >= 15 is 0 Å². The zero-order chi connectivity index (χ0) is 10.8. The van der Waals surface area contributed by atoms with Crippen LogP contribution in [0, 0.1) is 0 Å². The number of hydrogen-bond donors (Lipinski definition) is 0. The van der Waals surface area contributed by atoms with E-state index in [1.807, 2.05) is 0 Å². The number of carbonyl (C=O) groups is 1. The first-order valence-corrected chi connectivity index (χ1v) is 3.43. The molecule has 1 aromatic heterocycles. The van der Waals surface area contributed by atoms with Crippen LogP contribution in [-0.2, 0) is 6.18 Å². The molecule has 0 aromatic carbocycles. The van der Waals surface area contributed by atoms with Crippen molar-refractivity contribution in [3.05, 3.63) is 17.5 Å². The molecule has 14 heavy (non-hydrogen) atoms. The third kappa shape index (κ3) is 2.18. The highest BCUT2D eigenvalue weighted by molar-refractivity contribution is 5.71. The van der Waals surface area contributed by atoms with Crippen LogP contribution in [0.15, 0.2) is 6.07 Å². The number of methoxy groups -OCH3 is 1. The van der Waals surface area contributed by atoms with Gasteiger partial charge in [0.2, 0.25) is 0 Å². The average Bonchev–Trinajstić information content (AvgIpc) is 2.15. The standard InChI is InChI=1S/C7H5F3N2O2/c1-14-6-11-4(3-13)2-5(12-6)7(8,9)10/h2-3H,1H3. The van der Waals surface area contributed by atoms with E-state index in [-0.39, 0.29) is 12.0 Å². The largest absolute Gasteiger partial charge is 0.467 e. The Morgan fingerprint density at radius 3 is 2.50 bits per heavy atom. The summed E-state index contributed by atoms with van der Waals surface area (Å²) in [4.78, 5) is 16.7. The molecule has 0 aliphatic carbocycles. The summed E-state index contributed by atoms with van der Waals surface area (Å²) in [5, 5.41) is 0. The van der Waals surface area contributed by atoms with E-state index in [4.69, 9.17) is 0 Å². The number of hydrogen-bond acceptors (Lipinski definition) is 4. The van der Waals surface area contributed by atoms with Gasteiger partial charge in [-0.2, -0.15) is 23.1 Å². The highest BCUT2D eigenvalue weighted by Crippen LogP contribution is 2.28. The van der Waals surface area contributed by atoms with Crippen molar-refractivity contribution >= 4 is 6.29 Å². The SMILES string of the molecule is COc1nc(C=O)cc(C(F)(F)F)n1. The molecular weight excluding hydrogens is 201 g/mol. The first kappa shape index (κ1) is 10.4. The molecule has 0 fully saturated rings. The molecule has 0 amide bonds. The summed E-state index contributed by atoms with van der Waals surface area (Å²) in [7, 11) is 1.12. The monoisotopic (exact) mass is 206 g/mol. The van der Waals surface area contributed by atoms with Crippen LogP contribution in [0.5, 0.6) is 6.01 Å². The second-order valence-corrected chi connectivity index (χ2v) is 2.28. The van der Waals surface area contributed by atoms with E-state index in [1.165, 1.54) is 0 Å². The van der Waals surface area contributed by atoms with Crippen LogP contribution in [0.1, 0.15) is 16.2 Å². The predicted molar refractivity (Wildman–Crippen MR) is 39.0 cm³/mol. The third-order valence-electron chi connectivity index (χ3n) is 1.32. The Labute approximate surface area is 76.7 Å². The van der Waals surface area contributed by atoms with Crippen LogP contribution in [-0.4, -0.2) is 23.4 Å². The van der Waals surface area contributed by atoms with Crippen molar-refractivity contribution in [1.82, 2.24) is 9.97 Å². The van der Waals surface area contributed by atoms with E-state index in [0.29, 0.717) is 6.07 Å². The molecule has 0 spiro atoms. The molecule has 4 nitrogen and oxygen atoms in total. The number of carbonyl (C=O) groups excluding carboxylic acids is 1. The maximum atomic E-state index is 12.2. The summed E-state index contributed by atoms with van der Waals surface area (Å²) in [6.45, 7) is 0. The lowest BCUT2D eigenvalue weighted by atomic mass is 10.3. The molecule has 1 heterocycles. The first-order chi connectivity index (χ1) is 6.47. The molecule has 0 atom stereocenters. The Bertz CT molecular complexity index is 351. The van der Waals surface area contributed by atoms with Gasteiger partial charge in [-0.1, -0.05) is 0 Å². The van der Waals surface area contributed by atoms with Crippen molar-refractivity contribution in [3.8, 4) is 6.01 Å². The third-order valence-corrected chi connectivity index (χ3v) is 1.32. The fraction of sp³-hybridized carbons (Fsp3) is 0.286. The second-order valence-electron chi connectivity index (χ2n) is 2.28. The molecule has 0 aliphatic rings. The van der Waals surface area contributed by atoms with Gasteiger partial charge in [-0.15, -0.1) is 0 Å². The molecule has 0 bridgehead atoms. The zero-order valence-electron chi connectivity index (χ0n) is 7.00. The molecule has 1 aromatic rings. The summed E-state index contributed by atoms with van der Waals surface area (Å²) in [6, 6.07) is 0.0668. The summed E-state index contributed by atoms with van der Waals surface area (Å²) in [5.41, 5.74) is -1.57. The first-order valence-electron chi connectivity index (χ1n) is 3.43. The Balaban J connectivity index is 3.24. The summed E-state index contributed by atoms with van der Waals surface area (Å²) >= 11 is 0. The van der Waals surface area contributed by atoms with Crippen LogP contribution >= 0.6 is 0 Å². The van der Waals surface area contributed by atoms with Gasteiger partial charge >= 0.3 is 12.2 Å². The van der Waals surface area contributed by atoms with Crippen molar-refractivity contribution in [2.24, 2.45) is 0 Å². The normalized spacial score (nSPS) is 11.1. The van der Waals surface area contributed by atoms with Gasteiger partial charge in [0.05, 0.1) is 7.11 Å². The Hall–Kier alpha value is -1.66. The lowest BCUT2D eigenvalue weighted by Gasteiger charge is -2.06. The van der Waals surface area contributed by atoms with Gasteiger partial charge < -0.3 is 4.74 Å². The molecule has 0 saturated carbocycles. The fourth-order valence-corrected chi connectivity index (χ4v) is 0.740. The maximum Gasteiger partial charge on any atom is 0.433 e. The Morgan fingerprint density at radius 1 is 1.43 bits per heavy atom. The van der Waals surface area contributed by atoms with Crippen LogP contribution in [0.25, 0.3) is 0 Å². The number of halogens is 3. The van der Waals surface area contributed by atoms with Gasteiger partial charge in [-0.05, 0) is 6.07 Å². The summed E-state index contributed by atoms with van der Waals surface area (Å²) < 4.78 is 40.9. The van der Waals surface area contributed by atoms with Crippen LogP contribution in [0.3, 0.4) is 0 Å². The lowest BCUT2D eigenvalue weighted by Crippen LogP contribution is -2.11. The van der Waals surface area contributed by atoms with E-state index in [2.05, 4.69) is 14.7 Å². The highest BCUT2D eigenvalue weighted by Gasteiger charge is 2.33. The number of aldehydes is 1. The zero-order valence-corrected chi connectivity index (χ0v) is 7.00. The molecule has 1 rings (SSSR count). The average molecular weight is 206 g/mol. The quantitative estimate of drug-likeness (QED) is 0.684. The van der Waals surface area contributed by atoms with Crippen molar-refractivity contribution in [2.45, 2.75) is 6.18 Å². The van der Waals surface area contributed by atoms with Crippen molar-refractivity contribution in [2.75, 3.05) is 7.11 Å². The van der Waals surface area contributed by atoms with Crippen LogP contribution in [0.2, 0.25) is 0 Å². The predicted octanol–water partition coefficient (Wildman–Crippen LogP) is 1.32. The van der Waals surface area contributed by atoms with Crippen molar-refractivity contribution in [3.63, 3.8) is 0 Å². The smallest absolute Gasteiger partial charge is 0.433 e. The molecule has 0 unspecified atom stereocenters. The number of ether oxygens (including phenoxy) is 1. The van der Waals surface area contributed by atoms with E-state index < -0.39 is 17.9 Å².